The highest BCUT2D eigenvalue weighted by Crippen LogP contribution is 2.37. The molecule has 0 spiro atoms. The van der Waals surface area contributed by atoms with Crippen molar-refractivity contribution in [3.63, 3.8) is 0 Å². The Kier molecular flexibility index (Phi) is 3.41. The zero-order valence-corrected chi connectivity index (χ0v) is 11.5. The van der Waals surface area contributed by atoms with Crippen LogP contribution in [0.1, 0.15) is 11.1 Å². The number of rotatable bonds is 2. The van der Waals surface area contributed by atoms with Gasteiger partial charge in [-0.05, 0) is 40.8 Å². The van der Waals surface area contributed by atoms with E-state index in [1.165, 1.54) is 23.8 Å². The van der Waals surface area contributed by atoms with Crippen LogP contribution in [0.15, 0.2) is 42.5 Å². The number of hydrogen-bond acceptors (Lipinski definition) is 3. The Labute approximate surface area is 121 Å². The Balaban J connectivity index is 1.81. The van der Waals surface area contributed by atoms with E-state index in [2.05, 4.69) is 22.3 Å². The van der Waals surface area contributed by atoms with Crippen LogP contribution >= 0.6 is 0 Å². The van der Waals surface area contributed by atoms with Gasteiger partial charge < -0.3 is 5.32 Å². The Hall–Kier alpha value is -2.66. The molecule has 21 heavy (non-hydrogen) atoms. The lowest BCUT2D eigenvalue weighted by Gasteiger charge is -2.07. The summed E-state index contributed by atoms with van der Waals surface area (Å²) in [6, 6.07) is 13.9. The van der Waals surface area contributed by atoms with E-state index in [4.69, 9.17) is 0 Å². The number of anilines is 1. The van der Waals surface area contributed by atoms with E-state index in [0.717, 1.165) is 12.0 Å². The van der Waals surface area contributed by atoms with Crippen molar-refractivity contribution < 1.29 is 14.4 Å². The zero-order chi connectivity index (χ0) is 14.8. The summed E-state index contributed by atoms with van der Waals surface area (Å²) in [5.41, 5.74) is 7.38. The minimum atomic E-state index is -0.832. The SMILES string of the molecule is CONC(=O)C(=O)Nc1ccc2c(c1)Cc1ccccc1-2. The third-order valence-corrected chi connectivity index (χ3v) is 3.45. The standard InChI is InChI=1S/C16H14N2O3/c1-21-18-16(20)15(19)17-12-6-7-14-11(9-12)8-10-4-2-3-5-13(10)14/h2-7,9H,8H2,1H3,(H,17,19)(H,18,20). The van der Waals surface area contributed by atoms with Crippen molar-refractivity contribution in [2.45, 2.75) is 6.42 Å². The van der Waals surface area contributed by atoms with E-state index < -0.39 is 11.8 Å². The fraction of sp³-hybridized carbons (Fsp3) is 0.125. The Morgan fingerprint density at radius 1 is 1.00 bits per heavy atom. The summed E-state index contributed by atoms with van der Waals surface area (Å²) in [6.07, 6.45) is 0.833. The van der Waals surface area contributed by atoms with E-state index in [-0.39, 0.29) is 0 Å². The van der Waals surface area contributed by atoms with Crippen LogP contribution in [0.2, 0.25) is 0 Å². The molecule has 2 N–H and O–H groups in total. The highest BCUT2D eigenvalue weighted by molar-refractivity contribution is 6.39. The maximum Gasteiger partial charge on any atom is 0.333 e. The summed E-state index contributed by atoms with van der Waals surface area (Å²) in [5.74, 6) is -1.59. The first-order valence-electron chi connectivity index (χ1n) is 6.54. The number of benzene rings is 2. The van der Waals surface area contributed by atoms with Gasteiger partial charge in [0.15, 0.2) is 0 Å². The number of carbonyl (C=O) groups is 2. The zero-order valence-electron chi connectivity index (χ0n) is 11.5. The molecule has 3 rings (SSSR count). The molecule has 1 aliphatic carbocycles. The molecule has 0 fully saturated rings. The molecule has 2 amide bonds. The minimum Gasteiger partial charge on any atom is -0.318 e. The van der Waals surface area contributed by atoms with Crippen molar-refractivity contribution in [2.24, 2.45) is 0 Å². The maximum atomic E-state index is 11.6. The summed E-state index contributed by atoms with van der Waals surface area (Å²) >= 11 is 0. The summed E-state index contributed by atoms with van der Waals surface area (Å²) in [5, 5.41) is 2.55. The lowest BCUT2D eigenvalue weighted by molar-refractivity contribution is -0.142. The van der Waals surface area contributed by atoms with Gasteiger partial charge >= 0.3 is 11.8 Å². The molecule has 5 heteroatoms. The lowest BCUT2D eigenvalue weighted by Crippen LogP contribution is -2.34. The van der Waals surface area contributed by atoms with Crippen LogP contribution in [0.25, 0.3) is 11.1 Å². The van der Waals surface area contributed by atoms with Crippen LogP contribution in [0.5, 0.6) is 0 Å². The average Bonchev–Trinajstić information content (AvgIpc) is 2.85. The second-order valence-corrected chi connectivity index (χ2v) is 4.80. The molecule has 5 nitrogen and oxygen atoms in total. The molecule has 0 saturated carbocycles. The third-order valence-electron chi connectivity index (χ3n) is 3.45. The van der Waals surface area contributed by atoms with Gasteiger partial charge in [-0.3, -0.25) is 14.4 Å². The predicted molar refractivity (Wildman–Crippen MR) is 78.5 cm³/mol. The number of nitrogens with one attached hydrogen (secondary N) is 2. The largest absolute Gasteiger partial charge is 0.333 e. The molecule has 2 aromatic rings. The number of carbonyl (C=O) groups excluding carboxylic acids is 2. The molecule has 0 heterocycles. The molecule has 0 radical (unpaired) electrons. The van der Waals surface area contributed by atoms with E-state index in [1.807, 2.05) is 29.7 Å². The molecule has 0 atom stereocenters. The summed E-state index contributed by atoms with van der Waals surface area (Å²) in [6.45, 7) is 0. The lowest BCUT2D eigenvalue weighted by atomic mass is 10.1. The van der Waals surface area contributed by atoms with Crippen LogP contribution in [0.4, 0.5) is 5.69 Å². The van der Waals surface area contributed by atoms with Crippen molar-refractivity contribution >= 4 is 17.5 Å². The number of fused-ring (bicyclic) bond motifs is 3. The van der Waals surface area contributed by atoms with Crippen LogP contribution in [0, 0.1) is 0 Å². The molecular weight excluding hydrogens is 268 g/mol. The van der Waals surface area contributed by atoms with Gasteiger partial charge in [-0.2, -0.15) is 0 Å². The fourth-order valence-electron chi connectivity index (χ4n) is 2.55. The Bertz CT molecular complexity index is 725. The van der Waals surface area contributed by atoms with E-state index in [9.17, 15) is 9.59 Å². The number of amides is 2. The highest BCUT2D eigenvalue weighted by atomic mass is 16.6. The fourth-order valence-corrected chi connectivity index (χ4v) is 2.55. The smallest absolute Gasteiger partial charge is 0.318 e. The van der Waals surface area contributed by atoms with Crippen LogP contribution in [-0.4, -0.2) is 18.9 Å². The second kappa shape index (κ2) is 5.38. The van der Waals surface area contributed by atoms with E-state index >= 15 is 0 Å². The third kappa shape index (κ3) is 2.51. The van der Waals surface area contributed by atoms with Crippen molar-refractivity contribution in [1.82, 2.24) is 5.48 Å². The molecule has 0 unspecified atom stereocenters. The quantitative estimate of drug-likeness (QED) is 0.557. The topological polar surface area (TPSA) is 67.4 Å². The van der Waals surface area contributed by atoms with Crippen molar-refractivity contribution in [3.8, 4) is 11.1 Å². The Morgan fingerprint density at radius 2 is 1.76 bits per heavy atom. The van der Waals surface area contributed by atoms with E-state index in [0.29, 0.717) is 5.69 Å². The minimum absolute atomic E-state index is 0.595. The average molecular weight is 282 g/mol. The van der Waals surface area contributed by atoms with Gasteiger partial charge in [0.25, 0.3) is 0 Å². The van der Waals surface area contributed by atoms with E-state index in [1.54, 1.807) is 6.07 Å². The van der Waals surface area contributed by atoms with Gasteiger partial charge in [-0.25, -0.2) is 5.48 Å². The second-order valence-electron chi connectivity index (χ2n) is 4.80. The van der Waals surface area contributed by atoms with Crippen LogP contribution in [-0.2, 0) is 20.8 Å². The van der Waals surface area contributed by atoms with Gasteiger partial charge in [0, 0.05) is 5.69 Å². The molecule has 0 saturated heterocycles. The summed E-state index contributed by atoms with van der Waals surface area (Å²) in [4.78, 5) is 27.3. The monoisotopic (exact) mass is 282 g/mol. The molecule has 0 bridgehead atoms. The number of hydrogen-bond donors (Lipinski definition) is 2. The summed E-state index contributed by atoms with van der Waals surface area (Å²) < 4.78 is 0. The molecular formula is C16H14N2O3. The van der Waals surface area contributed by atoms with Gasteiger partial charge in [0.2, 0.25) is 0 Å². The van der Waals surface area contributed by atoms with Gasteiger partial charge in [-0.15, -0.1) is 0 Å². The van der Waals surface area contributed by atoms with Crippen LogP contribution in [0.3, 0.4) is 0 Å². The van der Waals surface area contributed by atoms with Crippen molar-refractivity contribution in [3.05, 3.63) is 53.6 Å². The van der Waals surface area contributed by atoms with Gasteiger partial charge in [0.05, 0.1) is 7.11 Å². The highest BCUT2D eigenvalue weighted by Gasteiger charge is 2.19. The van der Waals surface area contributed by atoms with Gasteiger partial charge in [-0.1, -0.05) is 30.3 Å². The Morgan fingerprint density at radius 3 is 2.57 bits per heavy atom. The maximum absolute atomic E-state index is 11.6. The summed E-state index contributed by atoms with van der Waals surface area (Å²) in [7, 11) is 1.28. The first-order valence-corrected chi connectivity index (χ1v) is 6.54. The molecule has 106 valence electrons. The molecule has 1 aliphatic rings. The molecule has 2 aromatic carbocycles. The predicted octanol–water partition coefficient (Wildman–Crippen LogP) is 1.87. The molecule has 0 aliphatic heterocycles. The van der Waals surface area contributed by atoms with Crippen molar-refractivity contribution in [2.75, 3.05) is 12.4 Å². The normalized spacial score (nSPS) is 11.5. The molecule has 0 aromatic heterocycles. The first kappa shape index (κ1) is 13.3. The van der Waals surface area contributed by atoms with Crippen molar-refractivity contribution in [1.29, 1.82) is 0 Å². The van der Waals surface area contributed by atoms with Crippen LogP contribution < -0.4 is 10.8 Å². The first-order chi connectivity index (χ1) is 10.2. The van der Waals surface area contributed by atoms with Gasteiger partial charge in [0.1, 0.15) is 0 Å². The number of hydroxylamine groups is 1.